The van der Waals surface area contributed by atoms with E-state index in [4.69, 9.17) is 5.73 Å². The number of anilines is 1. The molecule has 0 spiro atoms. The summed E-state index contributed by atoms with van der Waals surface area (Å²) in [5, 5.41) is 11.1. The van der Waals surface area contributed by atoms with Crippen LogP contribution in [0.2, 0.25) is 0 Å². The van der Waals surface area contributed by atoms with Crippen molar-refractivity contribution < 1.29 is 27.2 Å². The number of aryl methyl sites for hydroxylation is 2. The fourth-order valence-corrected chi connectivity index (χ4v) is 5.66. The van der Waals surface area contributed by atoms with Gasteiger partial charge in [-0.05, 0) is 37.5 Å². The number of hydrogen-bond acceptors (Lipinski definition) is 7. The molecular weight excluding hydrogens is 552 g/mol. The first-order valence-corrected chi connectivity index (χ1v) is 12.9. The van der Waals surface area contributed by atoms with Gasteiger partial charge in [-0.25, -0.2) is 32.0 Å². The van der Waals surface area contributed by atoms with E-state index < -0.39 is 36.1 Å². The van der Waals surface area contributed by atoms with Crippen molar-refractivity contribution >= 4 is 44.7 Å². The number of hydrogen-bond donors (Lipinski definition) is 2. The number of primary amides is 1. The standard InChI is InChI=1S/C25H20F4N8O2S/c1-9-12(8-36(2)34-9)11-5-14(21(26)27)32-25-18(11)19(20(40-25)23(30)38)33-24(39)15-7-17-31-13(10-3-4-10)6-16(22(28)29)37(17)35-15/h5-8,10,21-22H,3-4H2,1-2H3,(H2,30,38)(H,33,39). The number of fused-ring (bicyclic) bond motifs is 2. The number of thiophene rings is 1. The second kappa shape index (κ2) is 9.36. The number of carbonyl (C=O) groups excluding carboxylic acids is 2. The van der Waals surface area contributed by atoms with Crippen LogP contribution < -0.4 is 11.1 Å². The SMILES string of the molecule is Cc1nn(C)cc1-c1cc(C(F)F)nc2sc(C(N)=O)c(NC(=O)c3cc4nc(C5CC5)cc(C(F)F)n4n3)c12. The van der Waals surface area contributed by atoms with E-state index in [2.05, 4.69) is 25.5 Å². The second-order valence-corrected chi connectivity index (χ2v) is 10.5. The zero-order chi connectivity index (χ0) is 28.5. The van der Waals surface area contributed by atoms with Crippen LogP contribution in [0.4, 0.5) is 23.2 Å². The molecule has 6 rings (SSSR count). The van der Waals surface area contributed by atoms with Gasteiger partial charge in [-0.3, -0.25) is 14.3 Å². The molecule has 5 aromatic rings. The zero-order valence-electron chi connectivity index (χ0n) is 21.0. The number of aromatic nitrogens is 6. The van der Waals surface area contributed by atoms with E-state index in [1.807, 2.05) is 0 Å². The molecule has 0 bridgehead atoms. The van der Waals surface area contributed by atoms with Gasteiger partial charge in [0, 0.05) is 41.9 Å². The Labute approximate surface area is 226 Å². The summed E-state index contributed by atoms with van der Waals surface area (Å²) in [5.74, 6) is -1.67. The fourth-order valence-electron chi connectivity index (χ4n) is 4.65. The average Bonchev–Trinajstić information content (AvgIpc) is 3.41. The Balaban J connectivity index is 1.50. The molecule has 0 aromatic carbocycles. The number of carbonyl (C=O) groups is 2. The molecule has 0 unspecified atom stereocenters. The summed E-state index contributed by atoms with van der Waals surface area (Å²) in [7, 11) is 1.66. The Morgan fingerprint density at radius 2 is 1.82 bits per heavy atom. The third-order valence-electron chi connectivity index (χ3n) is 6.60. The van der Waals surface area contributed by atoms with Crippen LogP contribution in [0.25, 0.3) is 27.0 Å². The topological polar surface area (TPSA) is 133 Å². The highest BCUT2D eigenvalue weighted by Crippen LogP contribution is 2.43. The van der Waals surface area contributed by atoms with Gasteiger partial charge in [-0.1, -0.05) is 0 Å². The molecule has 10 nitrogen and oxygen atoms in total. The molecule has 5 heterocycles. The van der Waals surface area contributed by atoms with Crippen molar-refractivity contribution in [2.75, 3.05) is 5.32 Å². The average molecular weight is 573 g/mol. The van der Waals surface area contributed by atoms with Crippen molar-refractivity contribution in [3.63, 3.8) is 0 Å². The van der Waals surface area contributed by atoms with Gasteiger partial charge in [-0.15, -0.1) is 11.3 Å². The second-order valence-electron chi connectivity index (χ2n) is 9.48. The van der Waals surface area contributed by atoms with Crippen molar-refractivity contribution in [1.82, 2.24) is 29.4 Å². The third-order valence-corrected chi connectivity index (χ3v) is 7.70. The summed E-state index contributed by atoms with van der Waals surface area (Å²) in [6, 6.07) is 3.73. The summed E-state index contributed by atoms with van der Waals surface area (Å²) in [6.45, 7) is 1.68. The van der Waals surface area contributed by atoms with Gasteiger partial charge in [0.2, 0.25) is 0 Å². The molecule has 0 atom stereocenters. The van der Waals surface area contributed by atoms with Crippen LogP contribution in [0.1, 0.15) is 74.5 Å². The van der Waals surface area contributed by atoms with Crippen molar-refractivity contribution in [3.8, 4) is 11.1 Å². The van der Waals surface area contributed by atoms with Crippen LogP contribution in [-0.4, -0.2) is 41.2 Å². The minimum Gasteiger partial charge on any atom is -0.365 e. The van der Waals surface area contributed by atoms with Crippen LogP contribution in [-0.2, 0) is 7.05 Å². The number of rotatable bonds is 7. The largest absolute Gasteiger partial charge is 0.365 e. The number of nitrogens with one attached hydrogen (secondary N) is 1. The van der Waals surface area contributed by atoms with E-state index in [1.165, 1.54) is 22.9 Å². The fraction of sp³-hybridized carbons (Fsp3) is 0.280. The Kier molecular flexibility index (Phi) is 6.05. The van der Waals surface area contributed by atoms with Crippen LogP contribution in [0.3, 0.4) is 0 Å². The predicted octanol–water partition coefficient (Wildman–Crippen LogP) is 5.15. The summed E-state index contributed by atoms with van der Waals surface area (Å²) in [4.78, 5) is 34.1. The molecule has 0 aliphatic heterocycles. The molecule has 0 radical (unpaired) electrons. The molecule has 3 N–H and O–H groups in total. The molecule has 40 heavy (non-hydrogen) atoms. The van der Waals surface area contributed by atoms with Gasteiger partial charge in [0.25, 0.3) is 24.7 Å². The highest BCUT2D eigenvalue weighted by atomic mass is 32.1. The van der Waals surface area contributed by atoms with Gasteiger partial charge in [0.05, 0.1) is 11.4 Å². The maximum absolute atomic E-state index is 13.8. The van der Waals surface area contributed by atoms with Gasteiger partial charge in [0.15, 0.2) is 11.3 Å². The smallest absolute Gasteiger partial charge is 0.280 e. The van der Waals surface area contributed by atoms with E-state index in [1.54, 1.807) is 20.2 Å². The lowest BCUT2D eigenvalue weighted by atomic mass is 10.0. The lowest BCUT2D eigenvalue weighted by Crippen LogP contribution is -2.17. The van der Waals surface area contributed by atoms with Crippen molar-refractivity contribution in [1.29, 1.82) is 0 Å². The molecule has 15 heteroatoms. The van der Waals surface area contributed by atoms with Crippen LogP contribution in [0.5, 0.6) is 0 Å². The molecule has 2 amide bonds. The maximum atomic E-state index is 13.8. The van der Waals surface area contributed by atoms with E-state index in [0.717, 1.165) is 28.7 Å². The molecule has 0 saturated heterocycles. The number of nitrogens with zero attached hydrogens (tertiary/aromatic N) is 6. The first-order chi connectivity index (χ1) is 19.0. The summed E-state index contributed by atoms with van der Waals surface area (Å²) < 4.78 is 57.6. The minimum atomic E-state index is -2.91. The lowest BCUT2D eigenvalue weighted by Gasteiger charge is -2.10. The Morgan fingerprint density at radius 3 is 2.42 bits per heavy atom. The highest BCUT2D eigenvalue weighted by molar-refractivity contribution is 7.21. The van der Waals surface area contributed by atoms with Crippen LogP contribution >= 0.6 is 11.3 Å². The van der Waals surface area contributed by atoms with Crippen LogP contribution in [0, 0.1) is 6.92 Å². The quantitative estimate of drug-likeness (QED) is 0.259. The van der Waals surface area contributed by atoms with E-state index in [-0.39, 0.29) is 43.6 Å². The molecule has 1 saturated carbocycles. The van der Waals surface area contributed by atoms with Gasteiger partial charge >= 0.3 is 0 Å². The molecular formula is C25H20F4N8O2S. The normalized spacial score (nSPS) is 13.7. The Bertz CT molecular complexity index is 1840. The lowest BCUT2D eigenvalue weighted by molar-refractivity contribution is 0.100. The predicted molar refractivity (Wildman–Crippen MR) is 138 cm³/mol. The van der Waals surface area contributed by atoms with Crippen LogP contribution in [0.15, 0.2) is 24.4 Å². The number of amides is 2. The highest BCUT2D eigenvalue weighted by Gasteiger charge is 2.30. The number of halogens is 4. The molecule has 5 aromatic heterocycles. The Morgan fingerprint density at radius 1 is 1.07 bits per heavy atom. The van der Waals surface area contributed by atoms with E-state index >= 15 is 0 Å². The Hall–Kier alpha value is -4.40. The van der Waals surface area contributed by atoms with Gasteiger partial charge < -0.3 is 11.1 Å². The van der Waals surface area contributed by atoms with Gasteiger partial charge in [0.1, 0.15) is 21.1 Å². The van der Waals surface area contributed by atoms with Crippen molar-refractivity contribution in [2.45, 2.75) is 38.5 Å². The minimum absolute atomic E-state index is 0.0471. The monoisotopic (exact) mass is 572 g/mol. The van der Waals surface area contributed by atoms with Gasteiger partial charge in [-0.2, -0.15) is 10.2 Å². The summed E-state index contributed by atoms with van der Waals surface area (Å²) in [6.07, 6.45) is -2.47. The number of nitrogens with two attached hydrogens (primary N) is 1. The van der Waals surface area contributed by atoms with E-state index in [0.29, 0.717) is 17.0 Å². The van der Waals surface area contributed by atoms with E-state index in [9.17, 15) is 27.2 Å². The molecule has 206 valence electrons. The first kappa shape index (κ1) is 25.9. The van der Waals surface area contributed by atoms with Crippen molar-refractivity contribution in [2.24, 2.45) is 12.8 Å². The third kappa shape index (κ3) is 4.35. The molecule has 1 aliphatic carbocycles. The first-order valence-electron chi connectivity index (χ1n) is 12.1. The maximum Gasteiger partial charge on any atom is 0.280 e. The summed E-state index contributed by atoms with van der Waals surface area (Å²) >= 11 is 0.748. The summed E-state index contributed by atoms with van der Waals surface area (Å²) in [5.41, 5.74) is 6.20. The number of pyridine rings is 1. The zero-order valence-corrected chi connectivity index (χ0v) is 21.8. The van der Waals surface area contributed by atoms with Crippen molar-refractivity contribution in [3.05, 3.63) is 57.7 Å². The number of alkyl halides is 4. The molecule has 1 aliphatic rings. The molecule has 1 fully saturated rings.